The molecule has 7 rings (SSSR count). The van der Waals surface area contributed by atoms with Crippen molar-refractivity contribution in [3.05, 3.63) is 101 Å². The molecule has 0 radical (unpaired) electrons. The van der Waals surface area contributed by atoms with E-state index in [4.69, 9.17) is 51.6 Å². The lowest BCUT2D eigenvalue weighted by Gasteiger charge is -2.20. The Balaban J connectivity index is 0.000000198. The molecule has 0 saturated carbocycles. The number of rotatable bonds is 19. The minimum Gasteiger partial charge on any atom is -0.494 e. The maximum Gasteiger partial charge on any atom is 0.349 e. The summed E-state index contributed by atoms with van der Waals surface area (Å²) in [6.07, 6.45) is 5.25. The summed E-state index contributed by atoms with van der Waals surface area (Å²) in [4.78, 5) is 52.5. The molecule has 1 atom stereocenters. The van der Waals surface area contributed by atoms with Crippen LogP contribution in [0.2, 0.25) is 0 Å². The van der Waals surface area contributed by atoms with E-state index in [1.165, 1.54) is 74.7 Å². The third-order valence-corrected chi connectivity index (χ3v) is 15.9. The summed E-state index contributed by atoms with van der Waals surface area (Å²) in [5.74, 6) is 2.49. The van der Waals surface area contributed by atoms with E-state index in [0.717, 1.165) is 83.7 Å². The highest BCUT2D eigenvalue weighted by atomic mass is 79.9. The van der Waals surface area contributed by atoms with Gasteiger partial charge in [-0.2, -0.15) is 0 Å². The van der Waals surface area contributed by atoms with Crippen LogP contribution in [-0.4, -0.2) is 110 Å². The second kappa shape index (κ2) is 28.8. The number of hydrogen-bond donors (Lipinski definition) is 0. The van der Waals surface area contributed by atoms with Crippen molar-refractivity contribution in [2.24, 2.45) is 0 Å². The van der Waals surface area contributed by atoms with E-state index in [1.807, 2.05) is 67.6 Å². The van der Waals surface area contributed by atoms with Crippen LogP contribution in [0.4, 0.5) is 0 Å². The minimum absolute atomic E-state index is 0.345. The molecule has 0 bridgehead atoms. The standard InChI is InChI=1S/C20H25BrN2O3S.C15H15BrClNO3S.C15H16ClNO3S/c1-13-6-4-9-23(13)10-5-11-26-17-8-7-15(12-16(17)21)19-22-14(2)18(27-19)20(24)25-3;1-9-13(15(19)20-2)22-14(18-9)10-4-5-12(11(16)8-10)21-7-3-6-17;1-10-13(15(18)19-2)21-14(17-10)11-4-6-12(7-5-11)20-9-3-8-16/h7-8,12-13H,4-6,9-11H2,1-3H3;4-5,8H,3,6-7H2,1-2H3;4-7H,3,8-9H2,1-2H3. The summed E-state index contributed by atoms with van der Waals surface area (Å²) in [5, 5.41) is 2.36. The Hall–Kier alpha value is -4.14. The summed E-state index contributed by atoms with van der Waals surface area (Å²) in [6.45, 7) is 11.9. The van der Waals surface area contributed by atoms with E-state index in [-0.39, 0.29) is 17.9 Å². The fourth-order valence-corrected chi connectivity index (χ4v) is 11.0. The number of likely N-dealkylation sites (tertiary alicyclic amines) is 1. The molecule has 13 nitrogen and oxygen atoms in total. The lowest BCUT2D eigenvalue weighted by atomic mass is 10.2. The van der Waals surface area contributed by atoms with Gasteiger partial charge < -0.3 is 33.3 Å². The molecule has 1 fully saturated rings. The molecule has 376 valence electrons. The number of hydrogen-bond acceptors (Lipinski definition) is 16. The van der Waals surface area contributed by atoms with Crippen molar-refractivity contribution in [3.63, 3.8) is 0 Å². The normalized spacial score (nSPS) is 13.1. The van der Waals surface area contributed by atoms with Gasteiger partial charge in [-0.3, -0.25) is 0 Å². The van der Waals surface area contributed by atoms with Gasteiger partial charge in [0, 0.05) is 41.0 Å². The van der Waals surface area contributed by atoms with E-state index in [1.54, 1.807) is 13.8 Å². The molecule has 0 aliphatic carbocycles. The van der Waals surface area contributed by atoms with Crippen LogP contribution in [0, 0.1) is 20.8 Å². The van der Waals surface area contributed by atoms with Gasteiger partial charge in [-0.15, -0.1) is 57.2 Å². The number of aryl methyl sites for hydroxylation is 3. The van der Waals surface area contributed by atoms with Crippen LogP contribution in [-0.2, 0) is 14.2 Å². The highest BCUT2D eigenvalue weighted by Crippen LogP contribution is 2.36. The maximum atomic E-state index is 11.8. The molecule has 0 N–H and O–H groups in total. The fraction of sp³-hybridized carbons (Fsp3) is 0.400. The molecule has 4 heterocycles. The number of alkyl halides is 2. The van der Waals surface area contributed by atoms with Gasteiger partial charge in [0.15, 0.2) is 0 Å². The Morgan fingerprint density at radius 3 is 1.40 bits per heavy atom. The molecule has 0 spiro atoms. The Morgan fingerprint density at radius 2 is 1.01 bits per heavy atom. The molecule has 1 saturated heterocycles. The zero-order valence-corrected chi connectivity index (χ0v) is 47.2. The maximum absolute atomic E-state index is 11.8. The number of ether oxygens (including phenoxy) is 6. The summed E-state index contributed by atoms with van der Waals surface area (Å²) in [6, 6.07) is 20.0. The van der Waals surface area contributed by atoms with Gasteiger partial charge in [0.1, 0.15) is 46.9 Å². The number of nitrogens with zero attached hydrogens (tertiary/aromatic N) is 4. The predicted molar refractivity (Wildman–Crippen MR) is 288 cm³/mol. The monoisotopic (exact) mass is 1180 g/mol. The highest BCUT2D eigenvalue weighted by molar-refractivity contribution is 9.11. The molecule has 1 unspecified atom stereocenters. The molecule has 1 aliphatic rings. The van der Waals surface area contributed by atoms with Gasteiger partial charge in [0.05, 0.1) is 67.2 Å². The van der Waals surface area contributed by atoms with E-state index in [9.17, 15) is 14.4 Å². The second-order valence-electron chi connectivity index (χ2n) is 15.6. The third-order valence-electron chi connectivity index (χ3n) is 10.6. The Morgan fingerprint density at radius 1 is 0.614 bits per heavy atom. The molecular weight excluding hydrogens is 1130 g/mol. The number of halogens is 4. The molecule has 20 heteroatoms. The predicted octanol–water partition coefficient (Wildman–Crippen LogP) is 13.5. The average Bonchev–Trinajstić information content (AvgIpc) is 4.17. The quantitative estimate of drug-likeness (QED) is 0.0328. The number of methoxy groups -OCH3 is 3. The molecule has 0 amide bonds. The van der Waals surface area contributed by atoms with Crippen LogP contribution in [0.25, 0.3) is 31.7 Å². The van der Waals surface area contributed by atoms with Crippen LogP contribution < -0.4 is 14.2 Å². The van der Waals surface area contributed by atoms with E-state index >= 15 is 0 Å². The Kier molecular flexibility index (Phi) is 23.3. The van der Waals surface area contributed by atoms with Crippen molar-refractivity contribution in [1.29, 1.82) is 0 Å². The van der Waals surface area contributed by atoms with Crippen molar-refractivity contribution in [2.45, 2.75) is 65.8 Å². The van der Waals surface area contributed by atoms with Crippen molar-refractivity contribution in [1.82, 2.24) is 19.9 Å². The number of thiazole rings is 3. The summed E-state index contributed by atoms with van der Waals surface area (Å²) in [7, 11) is 4.12. The van der Waals surface area contributed by atoms with Crippen molar-refractivity contribution >= 4 is 107 Å². The molecule has 6 aromatic rings. The highest BCUT2D eigenvalue weighted by Gasteiger charge is 2.21. The SMILES string of the molecule is COC(=O)c1sc(-c2ccc(OCCCCl)c(Br)c2)nc1C.COC(=O)c1sc(-c2ccc(OCCCCl)cc2)nc1C.COC(=O)c1sc(-c2ccc(OCCCN3CCCC3C)c(Br)c2)nc1C. The fourth-order valence-electron chi connectivity index (χ4n) is 6.86. The first-order valence-electron chi connectivity index (χ1n) is 22.3. The summed E-state index contributed by atoms with van der Waals surface area (Å²) < 4.78 is 33.2. The molecule has 3 aromatic carbocycles. The number of esters is 3. The number of aromatic nitrogens is 3. The summed E-state index contributed by atoms with van der Waals surface area (Å²) >= 11 is 22.3. The first-order valence-corrected chi connectivity index (χ1v) is 27.4. The summed E-state index contributed by atoms with van der Waals surface area (Å²) in [5.41, 5.74) is 4.86. The van der Waals surface area contributed by atoms with Gasteiger partial charge >= 0.3 is 17.9 Å². The Labute approximate surface area is 448 Å². The molecule has 3 aromatic heterocycles. The van der Waals surface area contributed by atoms with Crippen molar-refractivity contribution in [2.75, 3.05) is 66.0 Å². The van der Waals surface area contributed by atoms with E-state index < -0.39 is 0 Å². The smallest absolute Gasteiger partial charge is 0.349 e. The zero-order valence-electron chi connectivity index (χ0n) is 40.0. The van der Waals surface area contributed by atoms with E-state index in [2.05, 4.69) is 58.6 Å². The van der Waals surface area contributed by atoms with Gasteiger partial charge in [0.2, 0.25) is 0 Å². The largest absolute Gasteiger partial charge is 0.494 e. The molecular formula is C50H56Br2Cl2N4O9S3. The van der Waals surface area contributed by atoms with Gasteiger partial charge in [0.25, 0.3) is 0 Å². The van der Waals surface area contributed by atoms with Gasteiger partial charge in [-0.05, 0) is 159 Å². The molecule has 1 aliphatic heterocycles. The van der Waals surface area contributed by atoms with E-state index in [0.29, 0.717) is 69.3 Å². The number of carbonyl (C=O) groups excluding carboxylic acids is 3. The molecule has 70 heavy (non-hydrogen) atoms. The van der Waals surface area contributed by atoms with Crippen LogP contribution in [0.15, 0.2) is 69.6 Å². The third kappa shape index (κ3) is 16.2. The van der Waals surface area contributed by atoms with Gasteiger partial charge in [-0.1, -0.05) is 0 Å². The Bertz CT molecular complexity index is 2660. The number of benzene rings is 3. The number of carbonyl (C=O) groups is 3. The van der Waals surface area contributed by atoms with Crippen molar-refractivity contribution < 1.29 is 42.8 Å². The first-order chi connectivity index (χ1) is 33.7. The second-order valence-corrected chi connectivity index (χ2v) is 21.1. The topological polar surface area (TPSA) is 148 Å². The first kappa shape index (κ1) is 56.8. The minimum atomic E-state index is -0.360. The van der Waals surface area contributed by atoms with Gasteiger partial charge in [-0.25, -0.2) is 29.3 Å². The zero-order chi connectivity index (χ0) is 50.7. The lowest BCUT2D eigenvalue weighted by Crippen LogP contribution is -2.28. The van der Waals surface area contributed by atoms with Crippen LogP contribution >= 0.6 is 89.1 Å². The van der Waals surface area contributed by atoms with Crippen LogP contribution in [0.3, 0.4) is 0 Å². The van der Waals surface area contributed by atoms with Crippen LogP contribution in [0.5, 0.6) is 17.2 Å². The van der Waals surface area contributed by atoms with Crippen molar-refractivity contribution in [3.8, 4) is 49.0 Å². The average molecular weight is 1180 g/mol. The lowest BCUT2D eigenvalue weighted by molar-refractivity contribution is 0.0596. The van der Waals surface area contributed by atoms with Crippen LogP contribution in [0.1, 0.15) is 85.1 Å².